The number of carbonyl (C=O) groups excluding carboxylic acids is 1. The number of nitrogens with zero attached hydrogens (tertiary/aromatic N) is 3. The molecular formula is C20H17FN4O3. The maximum Gasteiger partial charge on any atom is 0.267 e. The molecule has 2 aromatic carbocycles. The van der Waals surface area contributed by atoms with Crippen molar-refractivity contribution in [2.75, 3.05) is 0 Å². The van der Waals surface area contributed by atoms with Gasteiger partial charge in [0.15, 0.2) is 5.82 Å². The van der Waals surface area contributed by atoms with E-state index in [0.29, 0.717) is 23.0 Å². The first-order valence-electron chi connectivity index (χ1n) is 8.71. The Kier molecular flexibility index (Phi) is 4.60. The molecule has 2 heterocycles. The molecule has 0 saturated heterocycles. The molecule has 28 heavy (non-hydrogen) atoms. The highest BCUT2D eigenvalue weighted by molar-refractivity contribution is 6.05. The van der Waals surface area contributed by atoms with Crippen molar-refractivity contribution in [1.29, 1.82) is 0 Å². The van der Waals surface area contributed by atoms with E-state index in [1.54, 1.807) is 19.1 Å². The minimum Gasteiger partial charge on any atom is -0.379 e. The molecule has 0 aliphatic carbocycles. The monoisotopic (exact) mass is 380 g/mol. The number of benzene rings is 2. The van der Waals surface area contributed by atoms with Crippen LogP contribution in [0.3, 0.4) is 0 Å². The molecule has 1 N–H and O–H groups in total. The second-order valence-corrected chi connectivity index (χ2v) is 6.61. The van der Waals surface area contributed by atoms with Crippen LogP contribution in [0.1, 0.15) is 24.7 Å². The summed E-state index contributed by atoms with van der Waals surface area (Å²) in [6.45, 7) is 1.74. The van der Waals surface area contributed by atoms with Crippen molar-refractivity contribution in [1.82, 2.24) is 15.5 Å². The molecule has 0 radical (unpaired) electrons. The van der Waals surface area contributed by atoms with Gasteiger partial charge in [-0.3, -0.25) is 4.79 Å². The van der Waals surface area contributed by atoms with E-state index in [-0.39, 0.29) is 24.7 Å². The Morgan fingerprint density at radius 2 is 1.89 bits per heavy atom. The third kappa shape index (κ3) is 3.62. The first-order chi connectivity index (χ1) is 13.5. The number of carbonyl (C=O) groups is 1. The van der Waals surface area contributed by atoms with Crippen molar-refractivity contribution in [2.45, 2.75) is 25.5 Å². The van der Waals surface area contributed by atoms with E-state index in [4.69, 9.17) is 9.36 Å². The number of hydrogen-bond donors (Lipinski definition) is 1. The Balaban J connectivity index is 1.37. The lowest BCUT2D eigenvalue weighted by Crippen LogP contribution is -2.44. The zero-order valence-electron chi connectivity index (χ0n) is 15.1. The zero-order chi connectivity index (χ0) is 19.6. The van der Waals surface area contributed by atoms with Crippen molar-refractivity contribution in [2.24, 2.45) is 5.16 Å². The van der Waals surface area contributed by atoms with E-state index < -0.39 is 5.60 Å². The van der Waals surface area contributed by atoms with Gasteiger partial charge in [-0.25, -0.2) is 4.39 Å². The second kappa shape index (κ2) is 7.22. The van der Waals surface area contributed by atoms with Crippen LogP contribution in [0.2, 0.25) is 0 Å². The Bertz CT molecular complexity index is 1020. The summed E-state index contributed by atoms with van der Waals surface area (Å²) in [7, 11) is 0. The fourth-order valence-corrected chi connectivity index (χ4v) is 2.83. The van der Waals surface area contributed by atoms with Crippen molar-refractivity contribution in [3.05, 3.63) is 71.8 Å². The molecule has 1 amide bonds. The van der Waals surface area contributed by atoms with Crippen LogP contribution in [0.5, 0.6) is 0 Å². The zero-order valence-corrected chi connectivity index (χ0v) is 15.1. The van der Waals surface area contributed by atoms with Crippen molar-refractivity contribution < 1.29 is 18.5 Å². The molecule has 0 saturated carbocycles. The first kappa shape index (κ1) is 17.8. The number of amides is 1. The van der Waals surface area contributed by atoms with Crippen LogP contribution < -0.4 is 5.32 Å². The van der Waals surface area contributed by atoms with Crippen LogP contribution >= 0.6 is 0 Å². The highest BCUT2D eigenvalue weighted by Crippen LogP contribution is 2.27. The molecule has 142 valence electrons. The highest BCUT2D eigenvalue weighted by Gasteiger charge is 2.42. The second-order valence-electron chi connectivity index (χ2n) is 6.61. The minimum atomic E-state index is -1.16. The van der Waals surface area contributed by atoms with Gasteiger partial charge in [-0.2, -0.15) is 4.98 Å². The topological polar surface area (TPSA) is 89.6 Å². The van der Waals surface area contributed by atoms with Gasteiger partial charge in [0, 0.05) is 12.0 Å². The van der Waals surface area contributed by atoms with Gasteiger partial charge in [-0.15, -0.1) is 0 Å². The SMILES string of the molecule is C[C@@]1(C(=O)NCc2noc(-c3ccccc3)n2)CC(c2ccc(F)cc2)=NO1. The van der Waals surface area contributed by atoms with Crippen LogP contribution in [-0.2, 0) is 16.2 Å². The van der Waals surface area contributed by atoms with E-state index in [1.807, 2.05) is 30.3 Å². The number of rotatable bonds is 5. The predicted molar refractivity (Wildman–Crippen MR) is 98.6 cm³/mol. The molecule has 1 aliphatic heterocycles. The molecule has 0 bridgehead atoms. The Hall–Kier alpha value is -3.55. The van der Waals surface area contributed by atoms with Gasteiger partial charge in [0.2, 0.25) is 5.60 Å². The smallest absolute Gasteiger partial charge is 0.267 e. The van der Waals surface area contributed by atoms with Gasteiger partial charge in [0.25, 0.3) is 11.8 Å². The molecule has 0 unspecified atom stereocenters. The lowest BCUT2D eigenvalue weighted by atomic mass is 9.95. The molecule has 1 aliphatic rings. The van der Waals surface area contributed by atoms with Crippen LogP contribution in [0.25, 0.3) is 11.5 Å². The van der Waals surface area contributed by atoms with Crippen LogP contribution in [0, 0.1) is 5.82 Å². The average molecular weight is 380 g/mol. The van der Waals surface area contributed by atoms with Crippen LogP contribution in [-0.4, -0.2) is 27.4 Å². The van der Waals surface area contributed by atoms with Gasteiger partial charge < -0.3 is 14.7 Å². The Morgan fingerprint density at radius 1 is 1.14 bits per heavy atom. The normalized spacial score (nSPS) is 18.4. The van der Waals surface area contributed by atoms with E-state index in [1.165, 1.54) is 12.1 Å². The lowest BCUT2D eigenvalue weighted by molar-refractivity contribution is -0.141. The highest BCUT2D eigenvalue weighted by atomic mass is 19.1. The third-order valence-electron chi connectivity index (χ3n) is 4.42. The Morgan fingerprint density at radius 3 is 2.64 bits per heavy atom. The van der Waals surface area contributed by atoms with Crippen LogP contribution in [0.4, 0.5) is 4.39 Å². The van der Waals surface area contributed by atoms with E-state index >= 15 is 0 Å². The summed E-state index contributed by atoms with van der Waals surface area (Å²) in [4.78, 5) is 22.2. The summed E-state index contributed by atoms with van der Waals surface area (Å²) in [5, 5.41) is 10.6. The fourth-order valence-electron chi connectivity index (χ4n) is 2.83. The van der Waals surface area contributed by atoms with E-state index in [2.05, 4.69) is 20.6 Å². The van der Waals surface area contributed by atoms with Crippen molar-refractivity contribution >= 4 is 11.6 Å². The molecule has 0 fully saturated rings. The number of oxime groups is 1. The molecular weight excluding hydrogens is 363 g/mol. The van der Waals surface area contributed by atoms with E-state index in [9.17, 15) is 9.18 Å². The summed E-state index contributed by atoms with van der Waals surface area (Å²) in [5.74, 6) is 0.0572. The lowest BCUT2D eigenvalue weighted by Gasteiger charge is -2.19. The van der Waals surface area contributed by atoms with Crippen LogP contribution in [0.15, 0.2) is 64.3 Å². The number of halogens is 1. The number of hydrogen-bond acceptors (Lipinski definition) is 6. The average Bonchev–Trinajstić information content (AvgIpc) is 3.35. The largest absolute Gasteiger partial charge is 0.379 e. The van der Waals surface area contributed by atoms with Gasteiger partial charge in [-0.05, 0) is 36.8 Å². The summed E-state index contributed by atoms with van der Waals surface area (Å²) in [6.07, 6.45) is 0.270. The van der Waals surface area contributed by atoms with Crippen molar-refractivity contribution in [3.8, 4) is 11.5 Å². The maximum absolute atomic E-state index is 13.1. The third-order valence-corrected chi connectivity index (χ3v) is 4.42. The molecule has 8 heteroatoms. The summed E-state index contributed by atoms with van der Waals surface area (Å²) in [6, 6.07) is 15.2. The van der Waals surface area contributed by atoms with Gasteiger partial charge in [-0.1, -0.05) is 40.6 Å². The molecule has 7 nitrogen and oxygen atoms in total. The van der Waals surface area contributed by atoms with Gasteiger partial charge in [0.1, 0.15) is 5.82 Å². The summed E-state index contributed by atoms with van der Waals surface area (Å²) < 4.78 is 18.3. The molecule has 1 atom stereocenters. The standard InChI is InChI=1S/C20H17FN4O3/c1-20(11-16(24-28-20)13-7-9-15(21)10-8-13)19(26)22-12-17-23-18(27-25-17)14-5-3-2-4-6-14/h2-10H,11-12H2,1H3,(H,22,26)/t20-/m0/s1. The quantitative estimate of drug-likeness (QED) is 0.735. The van der Waals surface area contributed by atoms with E-state index in [0.717, 1.165) is 5.56 Å². The minimum absolute atomic E-state index is 0.0972. The van der Waals surface area contributed by atoms with Gasteiger partial charge >= 0.3 is 0 Å². The Labute approximate surface area is 160 Å². The summed E-state index contributed by atoms with van der Waals surface area (Å²) in [5.41, 5.74) is 0.943. The predicted octanol–water partition coefficient (Wildman–Crippen LogP) is 3.08. The molecule has 0 spiro atoms. The molecule has 4 rings (SSSR count). The molecule has 1 aromatic heterocycles. The number of aromatic nitrogens is 2. The maximum atomic E-state index is 13.1. The molecule has 3 aromatic rings. The fraction of sp³-hybridized carbons (Fsp3) is 0.200. The van der Waals surface area contributed by atoms with Crippen molar-refractivity contribution in [3.63, 3.8) is 0 Å². The summed E-state index contributed by atoms with van der Waals surface area (Å²) >= 11 is 0. The van der Waals surface area contributed by atoms with Gasteiger partial charge in [0.05, 0.1) is 12.3 Å². The first-order valence-corrected chi connectivity index (χ1v) is 8.71. The number of nitrogens with one attached hydrogen (secondary N) is 1.